The molecule has 0 bridgehead atoms. The molecule has 2 aliphatic rings. The summed E-state index contributed by atoms with van der Waals surface area (Å²) < 4.78 is 6.31. The average molecular weight is 379 g/mol. The van der Waals surface area contributed by atoms with Gasteiger partial charge in [0, 0.05) is 31.9 Å². The van der Waals surface area contributed by atoms with E-state index in [0.717, 1.165) is 18.8 Å². The topological polar surface area (TPSA) is 15.7 Å². The summed E-state index contributed by atoms with van der Waals surface area (Å²) in [6.07, 6.45) is 6.44. The van der Waals surface area contributed by atoms with E-state index in [1.165, 1.54) is 62.1 Å². The van der Waals surface area contributed by atoms with Crippen LogP contribution in [0.25, 0.3) is 0 Å². The van der Waals surface area contributed by atoms with Crippen LogP contribution in [0.4, 0.5) is 11.4 Å². The Balaban J connectivity index is 1.56. The standard InChI is InChI=1S/C25H34N2O/c1-25(2)13-17-27(18-14-25)23-19-22(26-15-7-4-8-16-26)11-12-24(23)28-20-21-9-5-3-6-10-21/h3,5-6,9-12,19H,4,7-8,13-18,20H2,1-2H3. The summed E-state index contributed by atoms with van der Waals surface area (Å²) in [6, 6.07) is 17.3. The van der Waals surface area contributed by atoms with E-state index in [-0.39, 0.29) is 0 Å². The van der Waals surface area contributed by atoms with Gasteiger partial charge in [0.05, 0.1) is 5.69 Å². The molecule has 150 valence electrons. The summed E-state index contributed by atoms with van der Waals surface area (Å²) >= 11 is 0. The van der Waals surface area contributed by atoms with E-state index in [2.05, 4.69) is 72.2 Å². The third-order valence-electron chi connectivity index (χ3n) is 6.36. The fraction of sp³-hybridized carbons (Fsp3) is 0.520. The minimum atomic E-state index is 0.450. The first kappa shape index (κ1) is 19.2. The Labute approximate surface area is 170 Å². The number of rotatable bonds is 5. The van der Waals surface area contributed by atoms with Crippen LogP contribution in [0.3, 0.4) is 0 Å². The largest absolute Gasteiger partial charge is 0.487 e. The van der Waals surface area contributed by atoms with Gasteiger partial charge in [0.15, 0.2) is 0 Å². The lowest BCUT2D eigenvalue weighted by Crippen LogP contribution is -2.37. The Kier molecular flexibility index (Phi) is 5.79. The number of anilines is 2. The van der Waals surface area contributed by atoms with E-state index in [1.54, 1.807) is 0 Å². The van der Waals surface area contributed by atoms with E-state index in [4.69, 9.17) is 4.74 Å². The monoisotopic (exact) mass is 378 g/mol. The van der Waals surface area contributed by atoms with E-state index in [9.17, 15) is 0 Å². The van der Waals surface area contributed by atoms with Crippen molar-refractivity contribution < 1.29 is 4.74 Å². The summed E-state index contributed by atoms with van der Waals surface area (Å²) in [5, 5.41) is 0. The molecule has 2 saturated heterocycles. The van der Waals surface area contributed by atoms with Crippen molar-refractivity contribution >= 4 is 11.4 Å². The van der Waals surface area contributed by atoms with Gasteiger partial charge in [-0.15, -0.1) is 0 Å². The van der Waals surface area contributed by atoms with Gasteiger partial charge in [-0.2, -0.15) is 0 Å². The van der Waals surface area contributed by atoms with Gasteiger partial charge in [-0.1, -0.05) is 44.2 Å². The number of ether oxygens (including phenoxy) is 1. The second-order valence-electron chi connectivity index (χ2n) is 9.13. The van der Waals surface area contributed by atoms with Crippen molar-refractivity contribution in [3.8, 4) is 5.75 Å². The van der Waals surface area contributed by atoms with Crippen molar-refractivity contribution in [1.29, 1.82) is 0 Å². The van der Waals surface area contributed by atoms with E-state index >= 15 is 0 Å². The van der Waals surface area contributed by atoms with Gasteiger partial charge in [-0.3, -0.25) is 0 Å². The van der Waals surface area contributed by atoms with Crippen LogP contribution < -0.4 is 14.5 Å². The zero-order valence-electron chi connectivity index (χ0n) is 17.5. The highest BCUT2D eigenvalue weighted by Crippen LogP contribution is 2.39. The third-order valence-corrected chi connectivity index (χ3v) is 6.36. The predicted molar refractivity (Wildman–Crippen MR) is 119 cm³/mol. The molecule has 28 heavy (non-hydrogen) atoms. The summed E-state index contributed by atoms with van der Waals surface area (Å²) in [4.78, 5) is 5.08. The summed E-state index contributed by atoms with van der Waals surface area (Å²) in [5.41, 5.74) is 4.29. The Hall–Kier alpha value is -2.16. The second kappa shape index (κ2) is 8.46. The maximum absolute atomic E-state index is 6.31. The lowest BCUT2D eigenvalue weighted by molar-refractivity contribution is 0.274. The van der Waals surface area contributed by atoms with Gasteiger partial charge in [0.2, 0.25) is 0 Å². The molecule has 3 nitrogen and oxygen atoms in total. The van der Waals surface area contributed by atoms with Gasteiger partial charge < -0.3 is 14.5 Å². The van der Waals surface area contributed by atoms with E-state index < -0.39 is 0 Å². The second-order valence-corrected chi connectivity index (χ2v) is 9.13. The number of nitrogens with zero attached hydrogens (tertiary/aromatic N) is 2. The van der Waals surface area contributed by atoms with Gasteiger partial charge in [-0.25, -0.2) is 0 Å². The highest BCUT2D eigenvalue weighted by Gasteiger charge is 2.27. The van der Waals surface area contributed by atoms with Crippen molar-refractivity contribution in [3.05, 3.63) is 54.1 Å². The van der Waals surface area contributed by atoms with Crippen molar-refractivity contribution in [1.82, 2.24) is 0 Å². The maximum Gasteiger partial charge on any atom is 0.143 e. The molecule has 0 unspecified atom stereocenters. The normalized spacial score (nSPS) is 19.5. The van der Waals surface area contributed by atoms with Crippen LogP contribution in [0.1, 0.15) is 51.5 Å². The summed E-state index contributed by atoms with van der Waals surface area (Å²) in [7, 11) is 0. The summed E-state index contributed by atoms with van der Waals surface area (Å²) in [5.74, 6) is 1.02. The highest BCUT2D eigenvalue weighted by atomic mass is 16.5. The Morgan fingerprint density at radius 2 is 1.54 bits per heavy atom. The Morgan fingerprint density at radius 1 is 0.821 bits per heavy atom. The fourth-order valence-electron chi connectivity index (χ4n) is 4.31. The average Bonchev–Trinajstić information content (AvgIpc) is 2.74. The lowest BCUT2D eigenvalue weighted by Gasteiger charge is -2.39. The molecule has 0 aromatic heterocycles. The number of hydrogen-bond acceptors (Lipinski definition) is 3. The van der Waals surface area contributed by atoms with Crippen LogP contribution in [0.5, 0.6) is 5.75 Å². The van der Waals surface area contributed by atoms with Crippen LogP contribution in [0.2, 0.25) is 0 Å². The highest BCUT2D eigenvalue weighted by molar-refractivity contribution is 5.67. The van der Waals surface area contributed by atoms with Crippen LogP contribution >= 0.6 is 0 Å². The fourth-order valence-corrected chi connectivity index (χ4v) is 4.31. The molecule has 0 saturated carbocycles. The van der Waals surface area contributed by atoms with Crippen molar-refractivity contribution in [2.75, 3.05) is 36.0 Å². The molecule has 0 radical (unpaired) electrons. The third kappa shape index (κ3) is 4.63. The number of piperidine rings is 2. The zero-order chi connectivity index (χ0) is 19.4. The first-order valence-corrected chi connectivity index (χ1v) is 10.9. The Bertz CT molecular complexity index is 755. The van der Waals surface area contributed by atoms with Crippen LogP contribution in [0.15, 0.2) is 48.5 Å². The van der Waals surface area contributed by atoms with Gasteiger partial charge in [-0.05, 0) is 61.3 Å². The van der Waals surface area contributed by atoms with Crippen LogP contribution in [-0.2, 0) is 6.61 Å². The van der Waals surface area contributed by atoms with Crippen LogP contribution in [-0.4, -0.2) is 26.2 Å². The molecule has 0 amide bonds. The van der Waals surface area contributed by atoms with Gasteiger partial charge in [0.25, 0.3) is 0 Å². The molecule has 0 atom stereocenters. The van der Waals surface area contributed by atoms with Crippen molar-refractivity contribution in [2.45, 2.75) is 52.6 Å². The predicted octanol–water partition coefficient (Wildman–Crippen LogP) is 5.88. The smallest absolute Gasteiger partial charge is 0.143 e. The van der Waals surface area contributed by atoms with Crippen LogP contribution in [0, 0.1) is 5.41 Å². The number of benzene rings is 2. The SMILES string of the molecule is CC1(C)CCN(c2cc(N3CCCCC3)ccc2OCc2ccccc2)CC1. The Morgan fingerprint density at radius 3 is 2.25 bits per heavy atom. The lowest BCUT2D eigenvalue weighted by atomic mass is 9.82. The van der Waals surface area contributed by atoms with E-state index in [1.807, 2.05) is 0 Å². The first-order chi connectivity index (χ1) is 13.6. The van der Waals surface area contributed by atoms with Crippen molar-refractivity contribution in [3.63, 3.8) is 0 Å². The molecule has 2 aromatic carbocycles. The maximum atomic E-state index is 6.31. The van der Waals surface area contributed by atoms with Crippen molar-refractivity contribution in [2.24, 2.45) is 5.41 Å². The molecule has 2 aromatic rings. The molecule has 2 aliphatic heterocycles. The van der Waals surface area contributed by atoms with Gasteiger partial charge >= 0.3 is 0 Å². The molecule has 0 spiro atoms. The minimum Gasteiger partial charge on any atom is -0.487 e. The molecular weight excluding hydrogens is 344 g/mol. The molecule has 0 N–H and O–H groups in total. The number of hydrogen-bond donors (Lipinski definition) is 0. The molecule has 2 heterocycles. The first-order valence-electron chi connectivity index (χ1n) is 10.9. The molecule has 4 rings (SSSR count). The molecule has 3 heteroatoms. The molecular formula is C25H34N2O. The zero-order valence-corrected chi connectivity index (χ0v) is 17.5. The molecule has 0 aliphatic carbocycles. The van der Waals surface area contributed by atoms with E-state index in [0.29, 0.717) is 12.0 Å². The molecule has 2 fully saturated rings. The minimum absolute atomic E-state index is 0.450. The van der Waals surface area contributed by atoms with Gasteiger partial charge in [0.1, 0.15) is 12.4 Å². The quantitative estimate of drug-likeness (QED) is 0.646. The summed E-state index contributed by atoms with van der Waals surface area (Å²) in [6.45, 7) is 9.97.